The molecule has 0 saturated carbocycles. The van der Waals surface area contributed by atoms with Gasteiger partial charge in [0.1, 0.15) is 23.9 Å². The van der Waals surface area contributed by atoms with Crippen LogP contribution in [0.3, 0.4) is 0 Å². The van der Waals surface area contributed by atoms with Crippen LogP contribution in [0.4, 0.5) is 0 Å². The second-order valence-electron chi connectivity index (χ2n) is 8.24. The highest BCUT2D eigenvalue weighted by atomic mass is 16.4. The number of carbonyl (C=O) groups excluding carboxylic acids is 3. The van der Waals surface area contributed by atoms with Crippen molar-refractivity contribution in [1.29, 1.82) is 0 Å². The molecule has 1 aromatic rings. The van der Waals surface area contributed by atoms with Crippen molar-refractivity contribution < 1.29 is 44.4 Å². The number of benzene rings is 1. The van der Waals surface area contributed by atoms with Crippen LogP contribution in [-0.2, 0) is 30.4 Å². The first-order chi connectivity index (χ1) is 16.5. The molecular weight excluding hydrogens is 464 g/mol. The SMILES string of the molecule is NC(Cc1ccc(O)cc1)C(=O)N1CCCC1C(=O)NC(CCC(=O)O)C(=O)NC(CO)C(=O)O. The molecule has 3 amide bonds. The molecule has 1 aromatic carbocycles. The minimum atomic E-state index is -1.63. The van der Waals surface area contributed by atoms with Gasteiger partial charge in [-0.15, -0.1) is 0 Å². The molecule has 35 heavy (non-hydrogen) atoms. The molecule has 8 N–H and O–H groups in total. The average molecular weight is 495 g/mol. The maximum atomic E-state index is 13.0. The van der Waals surface area contributed by atoms with Crippen LogP contribution in [0.2, 0.25) is 0 Å². The van der Waals surface area contributed by atoms with Gasteiger partial charge in [0.25, 0.3) is 0 Å². The highest BCUT2D eigenvalue weighted by molar-refractivity contribution is 5.94. The zero-order valence-corrected chi connectivity index (χ0v) is 18.9. The smallest absolute Gasteiger partial charge is 0.328 e. The maximum Gasteiger partial charge on any atom is 0.328 e. The standard InChI is InChI=1S/C22H30N4O9/c23-14(10-12-3-5-13(28)6-4-12)21(33)26-9-1-2-17(26)20(32)24-15(7-8-18(29)30)19(31)25-16(11-27)22(34)35/h3-6,14-17,27-28H,1-2,7-11,23H2,(H,24,32)(H,25,31)(H,29,30)(H,34,35). The third-order valence-electron chi connectivity index (χ3n) is 5.62. The molecule has 0 bridgehead atoms. The van der Waals surface area contributed by atoms with Crippen molar-refractivity contribution in [2.45, 2.75) is 56.3 Å². The highest BCUT2D eigenvalue weighted by Crippen LogP contribution is 2.20. The predicted molar refractivity (Wildman–Crippen MR) is 120 cm³/mol. The Morgan fingerprint density at radius 1 is 1.06 bits per heavy atom. The number of rotatable bonds is 12. The van der Waals surface area contributed by atoms with E-state index in [1.54, 1.807) is 12.1 Å². The number of aromatic hydroxyl groups is 1. The number of nitrogens with zero attached hydrogens (tertiary/aromatic N) is 1. The molecule has 4 atom stereocenters. The summed E-state index contributed by atoms with van der Waals surface area (Å²) in [6.07, 6.45) is 0.162. The number of carbonyl (C=O) groups is 5. The maximum absolute atomic E-state index is 13.0. The van der Waals surface area contributed by atoms with Gasteiger partial charge in [-0.25, -0.2) is 4.79 Å². The number of likely N-dealkylation sites (tertiary alicyclic amines) is 1. The molecule has 1 fully saturated rings. The molecule has 0 spiro atoms. The van der Waals surface area contributed by atoms with E-state index in [2.05, 4.69) is 10.6 Å². The molecule has 1 saturated heterocycles. The average Bonchev–Trinajstić information content (AvgIpc) is 3.30. The van der Waals surface area contributed by atoms with E-state index in [9.17, 15) is 29.1 Å². The van der Waals surface area contributed by atoms with Crippen LogP contribution < -0.4 is 16.4 Å². The van der Waals surface area contributed by atoms with Crippen LogP contribution in [0.5, 0.6) is 5.75 Å². The second kappa shape index (κ2) is 12.7. The van der Waals surface area contributed by atoms with E-state index < -0.39 is 66.9 Å². The number of carboxylic acid groups (broad SMARTS) is 2. The summed E-state index contributed by atoms with van der Waals surface area (Å²) >= 11 is 0. The van der Waals surface area contributed by atoms with Crippen molar-refractivity contribution >= 4 is 29.7 Å². The van der Waals surface area contributed by atoms with E-state index in [1.807, 2.05) is 0 Å². The van der Waals surface area contributed by atoms with Crippen molar-refractivity contribution in [2.24, 2.45) is 5.73 Å². The molecule has 0 aromatic heterocycles. The lowest BCUT2D eigenvalue weighted by atomic mass is 10.0. The van der Waals surface area contributed by atoms with Gasteiger partial charge in [-0.2, -0.15) is 0 Å². The molecule has 13 heteroatoms. The van der Waals surface area contributed by atoms with E-state index in [4.69, 9.17) is 21.1 Å². The molecule has 0 aliphatic carbocycles. The second-order valence-corrected chi connectivity index (χ2v) is 8.24. The topological polar surface area (TPSA) is 220 Å². The minimum absolute atomic E-state index is 0.0695. The number of nitrogens with one attached hydrogen (secondary N) is 2. The Hall–Kier alpha value is -3.71. The fourth-order valence-electron chi connectivity index (χ4n) is 3.75. The third kappa shape index (κ3) is 7.93. The van der Waals surface area contributed by atoms with E-state index in [0.29, 0.717) is 18.4 Å². The number of phenols is 1. The van der Waals surface area contributed by atoms with Crippen LogP contribution in [0.25, 0.3) is 0 Å². The lowest BCUT2D eigenvalue weighted by Crippen LogP contribution is -2.57. The van der Waals surface area contributed by atoms with Gasteiger partial charge >= 0.3 is 11.9 Å². The Labute approximate surface area is 200 Å². The highest BCUT2D eigenvalue weighted by Gasteiger charge is 2.38. The number of aliphatic hydroxyl groups excluding tert-OH is 1. The first-order valence-electron chi connectivity index (χ1n) is 11.0. The van der Waals surface area contributed by atoms with E-state index in [-0.39, 0.29) is 25.1 Å². The Balaban J connectivity index is 2.08. The number of nitrogens with two attached hydrogens (primary N) is 1. The summed E-state index contributed by atoms with van der Waals surface area (Å²) in [6.45, 7) is -0.637. The largest absolute Gasteiger partial charge is 0.508 e. The van der Waals surface area contributed by atoms with Crippen molar-refractivity contribution in [3.63, 3.8) is 0 Å². The Morgan fingerprint density at radius 3 is 2.29 bits per heavy atom. The summed E-state index contributed by atoms with van der Waals surface area (Å²) < 4.78 is 0. The molecule has 4 unspecified atom stereocenters. The molecule has 13 nitrogen and oxygen atoms in total. The lowest BCUT2D eigenvalue weighted by Gasteiger charge is -2.28. The van der Waals surface area contributed by atoms with Crippen LogP contribution in [0.15, 0.2) is 24.3 Å². The van der Waals surface area contributed by atoms with Crippen LogP contribution >= 0.6 is 0 Å². The van der Waals surface area contributed by atoms with Gasteiger partial charge < -0.3 is 41.7 Å². The Bertz CT molecular complexity index is 937. The number of aliphatic hydroxyl groups is 1. The molecular formula is C22H30N4O9. The van der Waals surface area contributed by atoms with Gasteiger partial charge in [-0.3, -0.25) is 19.2 Å². The van der Waals surface area contributed by atoms with Gasteiger partial charge in [0.05, 0.1) is 12.6 Å². The van der Waals surface area contributed by atoms with Gasteiger partial charge in [-0.05, 0) is 43.4 Å². The molecule has 1 aliphatic rings. The van der Waals surface area contributed by atoms with Gasteiger partial charge in [0, 0.05) is 13.0 Å². The van der Waals surface area contributed by atoms with Crippen molar-refractivity contribution in [3.05, 3.63) is 29.8 Å². The van der Waals surface area contributed by atoms with E-state index >= 15 is 0 Å². The zero-order valence-electron chi connectivity index (χ0n) is 18.9. The Kier molecular flexibility index (Phi) is 9.97. The number of phenolic OH excluding ortho intramolecular Hbond substituents is 1. The summed E-state index contributed by atoms with van der Waals surface area (Å²) in [5.41, 5.74) is 6.78. The summed E-state index contributed by atoms with van der Waals surface area (Å²) in [4.78, 5) is 61.8. The number of amides is 3. The fraction of sp³-hybridized carbons (Fsp3) is 0.500. The van der Waals surface area contributed by atoms with Crippen LogP contribution in [-0.4, -0.2) is 92.3 Å². The summed E-state index contributed by atoms with van der Waals surface area (Å²) in [5, 5.41) is 40.9. The van der Waals surface area contributed by atoms with Crippen molar-refractivity contribution in [2.75, 3.05) is 13.2 Å². The molecule has 192 valence electrons. The van der Waals surface area contributed by atoms with Crippen molar-refractivity contribution in [3.8, 4) is 5.75 Å². The first-order valence-corrected chi connectivity index (χ1v) is 11.0. The number of hydrogen-bond acceptors (Lipinski definition) is 8. The quantitative estimate of drug-likeness (QED) is 0.172. The fourth-order valence-corrected chi connectivity index (χ4v) is 3.75. The number of carboxylic acids is 2. The van der Waals surface area contributed by atoms with Crippen LogP contribution in [0.1, 0.15) is 31.2 Å². The lowest BCUT2D eigenvalue weighted by molar-refractivity contribution is -0.144. The number of hydrogen-bond donors (Lipinski definition) is 7. The number of aliphatic carboxylic acids is 2. The summed E-state index contributed by atoms with van der Waals surface area (Å²) in [6, 6.07) is 1.25. The zero-order chi connectivity index (χ0) is 26.1. The predicted octanol–water partition coefficient (Wildman–Crippen LogP) is -1.84. The van der Waals surface area contributed by atoms with Gasteiger partial charge in [-0.1, -0.05) is 12.1 Å². The Morgan fingerprint density at radius 2 is 1.71 bits per heavy atom. The van der Waals surface area contributed by atoms with Crippen molar-refractivity contribution in [1.82, 2.24) is 15.5 Å². The van der Waals surface area contributed by atoms with Gasteiger partial charge in [0.2, 0.25) is 17.7 Å². The van der Waals surface area contributed by atoms with E-state index in [0.717, 1.165) is 0 Å². The molecule has 1 heterocycles. The van der Waals surface area contributed by atoms with Gasteiger partial charge in [0.15, 0.2) is 0 Å². The summed E-state index contributed by atoms with van der Waals surface area (Å²) in [5.74, 6) is -4.81. The van der Waals surface area contributed by atoms with E-state index in [1.165, 1.54) is 17.0 Å². The molecule has 1 aliphatic heterocycles. The third-order valence-corrected chi connectivity index (χ3v) is 5.62. The molecule has 0 radical (unpaired) electrons. The normalized spacial score (nSPS) is 17.8. The molecule has 2 rings (SSSR count). The monoisotopic (exact) mass is 494 g/mol. The first kappa shape index (κ1) is 27.5. The summed E-state index contributed by atoms with van der Waals surface area (Å²) in [7, 11) is 0. The minimum Gasteiger partial charge on any atom is -0.508 e. The van der Waals surface area contributed by atoms with Crippen LogP contribution in [0, 0.1) is 0 Å².